The van der Waals surface area contributed by atoms with Gasteiger partial charge in [0.15, 0.2) is 9.84 Å². The average Bonchev–Trinajstić information content (AvgIpc) is 3.21. The van der Waals surface area contributed by atoms with Gasteiger partial charge in [-0.15, -0.1) is 11.3 Å². The van der Waals surface area contributed by atoms with Crippen molar-refractivity contribution in [2.45, 2.75) is 48.4 Å². The quantitative estimate of drug-likeness (QED) is 0.576. The van der Waals surface area contributed by atoms with Gasteiger partial charge in [0.25, 0.3) is 0 Å². The number of halogens is 2. The molecule has 0 radical (unpaired) electrons. The van der Waals surface area contributed by atoms with E-state index in [1.54, 1.807) is 5.38 Å². The fourth-order valence-electron chi connectivity index (χ4n) is 3.90. The summed E-state index contributed by atoms with van der Waals surface area (Å²) in [6, 6.07) is 2.84. The second-order valence-electron chi connectivity index (χ2n) is 7.63. The number of nitrogens with one attached hydrogen (secondary N) is 2. The number of hydrogen-bond acceptors (Lipinski definition) is 7. The summed E-state index contributed by atoms with van der Waals surface area (Å²) < 4.78 is 40.1. The first-order valence-electron chi connectivity index (χ1n) is 10.0. The molecule has 1 aromatic carbocycles. The highest BCUT2D eigenvalue weighted by Crippen LogP contribution is 2.33. The standard InChI is InChI=1S/C20H28ClFN4O2S2/c1-23-7-9-26(2)18-6-4-3-5-16(18)25-17-12-15(22)19(11-14(17)21)30(27,28)13-20-24-8-10-29-20/h8,10-12,16,18,23,25H,3-7,9,13H2,1-2H3/t16-,18-/m0/s1. The van der Waals surface area contributed by atoms with Gasteiger partial charge in [-0.25, -0.2) is 17.8 Å². The van der Waals surface area contributed by atoms with Gasteiger partial charge in [0.2, 0.25) is 0 Å². The molecule has 1 aliphatic rings. The van der Waals surface area contributed by atoms with Crippen LogP contribution in [-0.4, -0.2) is 57.6 Å². The number of nitrogens with zero attached hydrogens (tertiary/aromatic N) is 2. The van der Waals surface area contributed by atoms with E-state index in [1.807, 2.05) is 7.05 Å². The van der Waals surface area contributed by atoms with Crippen molar-refractivity contribution in [1.82, 2.24) is 15.2 Å². The molecule has 1 saturated carbocycles. The number of anilines is 1. The molecule has 0 saturated heterocycles. The van der Waals surface area contributed by atoms with Crippen LogP contribution >= 0.6 is 22.9 Å². The first-order valence-corrected chi connectivity index (χ1v) is 12.9. The third-order valence-electron chi connectivity index (χ3n) is 5.50. The van der Waals surface area contributed by atoms with E-state index in [1.165, 1.54) is 29.7 Å². The van der Waals surface area contributed by atoms with E-state index in [9.17, 15) is 12.8 Å². The topological polar surface area (TPSA) is 74.3 Å². The Balaban J connectivity index is 1.79. The number of likely N-dealkylation sites (N-methyl/N-ethyl adjacent to an activating group) is 2. The molecule has 0 spiro atoms. The molecule has 2 aromatic rings. The normalized spacial score (nSPS) is 19.9. The predicted molar refractivity (Wildman–Crippen MR) is 121 cm³/mol. The zero-order valence-electron chi connectivity index (χ0n) is 17.2. The Morgan fingerprint density at radius 2 is 2.10 bits per heavy atom. The Hall–Kier alpha value is -1.26. The highest BCUT2D eigenvalue weighted by Gasteiger charge is 2.29. The fourth-order valence-corrected chi connectivity index (χ4v) is 6.53. The summed E-state index contributed by atoms with van der Waals surface area (Å²) in [7, 11) is 0.148. The van der Waals surface area contributed by atoms with Crippen LogP contribution in [0.4, 0.5) is 10.1 Å². The van der Waals surface area contributed by atoms with E-state index in [0.717, 1.165) is 38.8 Å². The van der Waals surface area contributed by atoms with Gasteiger partial charge in [0, 0.05) is 36.8 Å². The molecule has 1 fully saturated rings. The van der Waals surface area contributed by atoms with E-state index < -0.39 is 15.7 Å². The summed E-state index contributed by atoms with van der Waals surface area (Å²) in [5.74, 6) is -1.14. The van der Waals surface area contributed by atoms with Gasteiger partial charge in [-0.05, 0) is 39.1 Å². The molecular weight excluding hydrogens is 447 g/mol. The Labute approximate surface area is 186 Å². The fraction of sp³-hybridized carbons (Fsp3) is 0.550. The van der Waals surface area contributed by atoms with Crippen molar-refractivity contribution in [3.8, 4) is 0 Å². The van der Waals surface area contributed by atoms with Gasteiger partial charge in [0.1, 0.15) is 21.5 Å². The molecule has 166 valence electrons. The van der Waals surface area contributed by atoms with Crippen LogP contribution in [0.3, 0.4) is 0 Å². The molecule has 1 aromatic heterocycles. The van der Waals surface area contributed by atoms with Crippen molar-refractivity contribution in [2.24, 2.45) is 0 Å². The Bertz CT molecular complexity index is 941. The van der Waals surface area contributed by atoms with Crippen molar-refractivity contribution in [3.05, 3.63) is 39.6 Å². The lowest BCUT2D eigenvalue weighted by Crippen LogP contribution is -2.48. The number of rotatable bonds is 9. The number of aromatic nitrogens is 1. The zero-order chi connectivity index (χ0) is 21.7. The average molecular weight is 475 g/mol. The van der Waals surface area contributed by atoms with E-state index in [-0.39, 0.29) is 21.7 Å². The van der Waals surface area contributed by atoms with Crippen molar-refractivity contribution >= 4 is 38.5 Å². The highest BCUT2D eigenvalue weighted by atomic mass is 35.5. The Morgan fingerprint density at radius 3 is 2.80 bits per heavy atom. The van der Waals surface area contributed by atoms with Crippen LogP contribution in [0.2, 0.25) is 5.02 Å². The predicted octanol–water partition coefficient (Wildman–Crippen LogP) is 3.78. The van der Waals surface area contributed by atoms with E-state index >= 15 is 0 Å². The molecule has 10 heteroatoms. The molecule has 1 aliphatic carbocycles. The Morgan fingerprint density at radius 1 is 1.33 bits per heavy atom. The van der Waals surface area contributed by atoms with Gasteiger partial charge in [-0.1, -0.05) is 24.4 Å². The van der Waals surface area contributed by atoms with Crippen molar-refractivity contribution in [3.63, 3.8) is 0 Å². The molecule has 0 unspecified atom stereocenters. The summed E-state index contributed by atoms with van der Waals surface area (Å²) in [6.45, 7) is 1.80. The maximum atomic E-state index is 14.8. The monoisotopic (exact) mass is 474 g/mol. The van der Waals surface area contributed by atoms with Crippen LogP contribution < -0.4 is 10.6 Å². The van der Waals surface area contributed by atoms with Gasteiger partial charge in [-0.2, -0.15) is 0 Å². The second kappa shape index (κ2) is 10.4. The zero-order valence-corrected chi connectivity index (χ0v) is 19.6. The molecule has 2 N–H and O–H groups in total. The minimum absolute atomic E-state index is 0.121. The summed E-state index contributed by atoms with van der Waals surface area (Å²) in [5, 5.41) is 8.86. The number of sulfone groups is 1. The minimum Gasteiger partial charge on any atom is -0.379 e. The third-order valence-corrected chi connectivity index (χ3v) is 8.42. The molecule has 1 heterocycles. The number of benzene rings is 1. The van der Waals surface area contributed by atoms with Crippen molar-refractivity contribution < 1.29 is 12.8 Å². The third kappa shape index (κ3) is 5.70. The maximum Gasteiger partial charge on any atom is 0.187 e. The van der Waals surface area contributed by atoms with Crippen LogP contribution in [0.5, 0.6) is 0 Å². The summed E-state index contributed by atoms with van der Waals surface area (Å²) >= 11 is 7.61. The second-order valence-corrected chi connectivity index (χ2v) is 11.0. The summed E-state index contributed by atoms with van der Waals surface area (Å²) in [4.78, 5) is 5.90. The Kier molecular flexibility index (Phi) is 8.09. The summed E-state index contributed by atoms with van der Waals surface area (Å²) in [5.41, 5.74) is 0.432. The first-order chi connectivity index (χ1) is 14.3. The lowest BCUT2D eigenvalue weighted by Gasteiger charge is -2.39. The largest absolute Gasteiger partial charge is 0.379 e. The highest BCUT2D eigenvalue weighted by molar-refractivity contribution is 7.90. The molecule has 0 amide bonds. The number of thiazole rings is 1. The molecular formula is C20H28ClFN4O2S2. The van der Waals surface area contributed by atoms with Gasteiger partial charge in [0.05, 0.1) is 10.7 Å². The van der Waals surface area contributed by atoms with Gasteiger partial charge >= 0.3 is 0 Å². The van der Waals surface area contributed by atoms with Gasteiger partial charge < -0.3 is 15.5 Å². The first kappa shape index (κ1) is 23.4. The SMILES string of the molecule is CNCCN(C)[C@H]1CCCC[C@@H]1Nc1cc(F)c(S(=O)(=O)Cc2nccs2)cc1Cl. The van der Waals surface area contributed by atoms with Crippen molar-refractivity contribution in [1.29, 1.82) is 0 Å². The minimum atomic E-state index is -3.88. The molecule has 6 nitrogen and oxygen atoms in total. The van der Waals surface area contributed by atoms with Crippen molar-refractivity contribution in [2.75, 3.05) is 32.5 Å². The van der Waals surface area contributed by atoms with E-state index in [0.29, 0.717) is 16.7 Å². The molecule has 2 atom stereocenters. The van der Waals surface area contributed by atoms with E-state index in [4.69, 9.17) is 11.6 Å². The van der Waals surface area contributed by atoms with Crippen LogP contribution in [0.15, 0.2) is 28.6 Å². The van der Waals surface area contributed by atoms with Crippen LogP contribution in [0.25, 0.3) is 0 Å². The molecule has 30 heavy (non-hydrogen) atoms. The van der Waals surface area contributed by atoms with Crippen LogP contribution in [0.1, 0.15) is 30.7 Å². The molecule has 3 rings (SSSR count). The lowest BCUT2D eigenvalue weighted by molar-refractivity contribution is 0.179. The smallest absolute Gasteiger partial charge is 0.187 e. The van der Waals surface area contributed by atoms with Gasteiger partial charge in [-0.3, -0.25) is 0 Å². The van der Waals surface area contributed by atoms with Crippen LogP contribution in [-0.2, 0) is 15.6 Å². The number of hydrogen-bond donors (Lipinski definition) is 2. The lowest BCUT2D eigenvalue weighted by atomic mass is 9.89. The molecule has 0 aliphatic heterocycles. The summed E-state index contributed by atoms with van der Waals surface area (Å²) in [6.07, 6.45) is 5.78. The maximum absolute atomic E-state index is 14.8. The van der Waals surface area contributed by atoms with E-state index in [2.05, 4.69) is 27.6 Å². The molecule has 0 bridgehead atoms. The van der Waals surface area contributed by atoms with Crippen LogP contribution in [0, 0.1) is 5.82 Å².